The van der Waals surface area contributed by atoms with Crippen molar-refractivity contribution in [2.45, 2.75) is 38.5 Å². The molecule has 0 fully saturated rings. The Balaban J connectivity index is 0.000000135. The Hall–Kier alpha value is -14.3. The minimum absolute atomic E-state index is 0.0945. The van der Waals surface area contributed by atoms with Crippen LogP contribution in [0.15, 0.2) is 388 Å². The first-order chi connectivity index (χ1) is 56.1. The van der Waals surface area contributed by atoms with E-state index in [1.54, 1.807) is 0 Å². The monoisotopic (exact) mass is 1450 g/mol. The van der Waals surface area contributed by atoms with Crippen molar-refractivity contribution in [2.24, 2.45) is 0 Å². The van der Waals surface area contributed by atoms with Crippen LogP contribution in [-0.2, 0) is 10.8 Å². The molecule has 0 aliphatic heterocycles. The van der Waals surface area contributed by atoms with Gasteiger partial charge in [-0.3, -0.25) is 0 Å². The molecule has 0 amide bonds. The summed E-state index contributed by atoms with van der Waals surface area (Å²) in [6.07, 6.45) is 0. The molecule has 24 rings (SSSR count). The Bertz CT molecular complexity index is 7770. The molecule has 18 aromatic carbocycles. The van der Waals surface area contributed by atoms with E-state index in [-0.39, 0.29) is 10.8 Å². The number of hydrogen-bond donors (Lipinski definition) is 0. The van der Waals surface area contributed by atoms with Crippen molar-refractivity contribution in [3.8, 4) is 89.5 Å². The minimum Gasteiger partial charge on any atom is -0.309 e. The first kappa shape index (κ1) is 65.6. The van der Waals surface area contributed by atoms with Gasteiger partial charge in [0.25, 0.3) is 0 Å². The molecule has 2 aliphatic rings. The highest BCUT2D eigenvalue weighted by molar-refractivity contribution is 6.20. The predicted octanol–water partition coefficient (Wildman–Crippen LogP) is 29.3. The van der Waals surface area contributed by atoms with E-state index in [1.165, 1.54) is 209 Å². The van der Waals surface area contributed by atoms with Gasteiger partial charge >= 0.3 is 0 Å². The summed E-state index contributed by atoms with van der Waals surface area (Å²) in [6.45, 7) is 9.55. The third-order valence-corrected chi connectivity index (χ3v) is 25.4. The van der Waals surface area contributed by atoms with Gasteiger partial charge in [-0.05, 0) is 191 Å². The number of rotatable bonds is 8. The van der Waals surface area contributed by atoms with Crippen molar-refractivity contribution >= 4 is 109 Å². The largest absolute Gasteiger partial charge is 0.309 e. The molecule has 4 heteroatoms. The van der Waals surface area contributed by atoms with Crippen molar-refractivity contribution in [1.82, 2.24) is 18.3 Å². The molecule has 0 bridgehead atoms. The van der Waals surface area contributed by atoms with Crippen LogP contribution in [-0.4, -0.2) is 18.3 Å². The lowest BCUT2D eigenvalue weighted by Gasteiger charge is -2.24. The molecule has 22 aromatic rings. The van der Waals surface area contributed by atoms with Crippen LogP contribution >= 0.6 is 0 Å². The zero-order valence-corrected chi connectivity index (χ0v) is 63.7. The zero-order valence-electron chi connectivity index (χ0n) is 63.7. The minimum atomic E-state index is -0.162. The summed E-state index contributed by atoms with van der Waals surface area (Å²) in [5.41, 5.74) is 35.0. The second kappa shape index (κ2) is 25.1. The van der Waals surface area contributed by atoms with E-state index in [1.807, 2.05) is 0 Å². The molecule has 0 saturated carbocycles. The van der Waals surface area contributed by atoms with E-state index in [9.17, 15) is 0 Å². The lowest BCUT2D eigenvalue weighted by atomic mass is 9.81. The molecule has 0 radical (unpaired) electrons. The lowest BCUT2D eigenvalue weighted by molar-refractivity contribution is 0.661. The number of aromatic nitrogens is 4. The maximum atomic E-state index is 2.56. The quantitative estimate of drug-likeness (QED) is 0.144. The maximum Gasteiger partial charge on any atom is 0.0622 e. The topological polar surface area (TPSA) is 19.7 Å². The van der Waals surface area contributed by atoms with E-state index in [0.717, 1.165) is 11.4 Å². The molecule has 536 valence electrons. The van der Waals surface area contributed by atoms with Crippen LogP contribution in [0.5, 0.6) is 0 Å². The molecule has 0 saturated heterocycles. The van der Waals surface area contributed by atoms with Crippen molar-refractivity contribution in [3.63, 3.8) is 0 Å². The summed E-state index contributed by atoms with van der Waals surface area (Å²) in [4.78, 5) is 0. The van der Waals surface area contributed by atoms with Crippen molar-refractivity contribution in [3.05, 3.63) is 411 Å². The fraction of sp³-hybridized carbons (Fsp3) is 0.0545. The normalized spacial score (nSPS) is 13.2. The van der Waals surface area contributed by atoms with Gasteiger partial charge in [0.1, 0.15) is 0 Å². The van der Waals surface area contributed by atoms with Crippen molar-refractivity contribution in [1.29, 1.82) is 0 Å². The van der Waals surface area contributed by atoms with Gasteiger partial charge in [0.05, 0.1) is 55.5 Å². The fourth-order valence-corrected chi connectivity index (χ4v) is 20.1. The van der Waals surface area contributed by atoms with Crippen LogP contribution < -0.4 is 0 Å². The highest BCUT2D eigenvalue weighted by Gasteiger charge is 2.40. The first-order valence-corrected chi connectivity index (χ1v) is 39.9. The summed E-state index contributed by atoms with van der Waals surface area (Å²) in [5.74, 6) is 0. The van der Waals surface area contributed by atoms with Crippen LogP contribution in [0.25, 0.3) is 198 Å². The van der Waals surface area contributed by atoms with E-state index < -0.39 is 0 Å². The molecule has 4 nitrogen and oxygen atoms in total. The standard InChI is InChI=1S/2C55H38N2/c1-55(2)47-23-10-8-22-44(47)53-48(55)29-28-43-46-34-39(27-31-52(46)57(54(43)53)49-25-13-17-36-16-6-7-20-41(36)49)38-26-30-51-45(33-38)42-21-9-11-24-50(42)56(51)40-19-12-18-37(32-40)35-14-4-3-5-15-35;1-55(2)48-23-10-8-21-42(48)44-28-29-45-47-34-39(27-31-52(47)57(54(45)53(44)55)49-25-13-17-36-16-6-7-20-41(36)49)38-26-30-51-46(33-38)43-22-9-11-24-50(43)56(51)40-19-12-18-37(32-40)35-14-4-3-5-15-35/h2*3-34H,1-2H3. The third-order valence-electron chi connectivity index (χ3n) is 25.4. The van der Waals surface area contributed by atoms with Crippen molar-refractivity contribution in [2.75, 3.05) is 0 Å². The predicted molar refractivity (Wildman–Crippen MR) is 482 cm³/mol. The zero-order chi connectivity index (χ0) is 75.7. The first-order valence-electron chi connectivity index (χ1n) is 39.9. The van der Waals surface area contributed by atoms with Gasteiger partial charge in [0.15, 0.2) is 0 Å². The fourth-order valence-electron chi connectivity index (χ4n) is 20.1. The number of fused-ring (bicyclic) bond motifs is 22. The van der Waals surface area contributed by atoms with E-state index in [0.29, 0.717) is 0 Å². The van der Waals surface area contributed by atoms with Gasteiger partial charge < -0.3 is 18.3 Å². The van der Waals surface area contributed by atoms with Crippen LogP contribution in [0.4, 0.5) is 0 Å². The second-order valence-electron chi connectivity index (χ2n) is 32.2. The summed E-state index contributed by atoms with van der Waals surface area (Å²) < 4.78 is 9.95. The molecule has 4 heterocycles. The van der Waals surface area contributed by atoms with E-state index in [2.05, 4.69) is 434 Å². The summed E-state index contributed by atoms with van der Waals surface area (Å²) in [6, 6.07) is 144. The molecule has 2 aliphatic carbocycles. The maximum absolute atomic E-state index is 2.56. The van der Waals surface area contributed by atoms with Gasteiger partial charge in [-0.1, -0.05) is 319 Å². The van der Waals surface area contributed by atoms with Crippen molar-refractivity contribution < 1.29 is 0 Å². The number of para-hydroxylation sites is 2. The Labute approximate surface area is 661 Å². The highest BCUT2D eigenvalue weighted by Crippen LogP contribution is 2.56. The summed E-state index contributed by atoms with van der Waals surface area (Å²) >= 11 is 0. The van der Waals surface area contributed by atoms with E-state index in [4.69, 9.17) is 0 Å². The molecular weight excluding hydrogens is 1380 g/mol. The van der Waals surface area contributed by atoms with Gasteiger partial charge in [0.2, 0.25) is 0 Å². The SMILES string of the molecule is CC1(C)c2ccccc2-c2c1ccc1c3cc(-c4ccc5c(c4)c4ccccc4n5-c4cccc(-c5ccccc5)c4)ccc3n(-c3cccc4ccccc34)c21.CC1(C)c2ccccc2-c2ccc3c4cc(-c5ccc6c(c5)c5ccccc5n6-c5cccc(-c6ccccc6)c5)ccc4n(-c4cccc5ccccc45)c3c21. The van der Waals surface area contributed by atoms with Crippen LogP contribution in [0.3, 0.4) is 0 Å². The van der Waals surface area contributed by atoms with E-state index >= 15 is 0 Å². The highest BCUT2D eigenvalue weighted by atomic mass is 15.0. The average molecular weight is 1450 g/mol. The molecular formula is C110H76N4. The number of benzene rings is 18. The Morgan fingerprint density at radius 2 is 0.553 bits per heavy atom. The molecule has 0 spiro atoms. The summed E-state index contributed by atoms with van der Waals surface area (Å²) in [5, 5.41) is 15.1. The molecule has 4 aromatic heterocycles. The van der Waals surface area contributed by atoms with Gasteiger partial charge in [-0.2, -0.15) is 0 Å². The smallest absolute Gasteiger partial charge is 0.0622 e. The Kier molecular flexibility index (Phi) is 14.4. The van der Waals surface area contributed by atoms with Gasteiger partial charge in [-0.25, -0.2) is 0 Å². The van der Waals surface area contributed by atoms with Gasteiger partial charge in [0, 0.05) is 81.6 Å². The van der Waals surface area contributed by atoms with Crippen LogP contribution in [0.2, 0.25) is 0 Å². The Morgan fingerprint density at radius 3 is 1.07 bits per heavy atom. The number of hydrogen-bond acceptors (Lipinski definition) is 0. The lowest BCUT2D eigenvalue weighted by Crippen LogP contribution is -2.16. The van der Waals surface area contributed by atoms with Gasteiger partial charge in [-0.15, -0.1) is 0 Å². The average Bonchev–Trinajstić information content (AvgIpc) is 1.46. The Morgan fingerprint density at radius 1 is 0.193 bits per heavy atom. The van der Waals surface area contributed by atoms with Crippen LogP contribution in [0.1, 0.15) is 49.9 Å². The third kappa shape index (κ3) is 9.77. The second-order valence-corrected chi connectivity index (χ2v) is 32.2. The molecule has 0 N–H and O–H groups in total. The molecule has 0 atom stereocenters. The van der Waals surface area contributed by atoms with Crippen LogP contribution in [0, 0.1) is 0 Å². The molecule has 114 heavy (non-hydrogen) atoms. The molecule has 0 unspecified atom stereocenters. The number of nitrogens with zero attached hydrogens (tertiary/aromatic N) is 4. The summed E-state index contributed by atoms with van der Waals surface area (Å²) in [7, 11) is 0.